The predicted molar refractivity (Wildman–Crippen MR) is 84.5 cm³/mol. The van der Waals surface area contributed by atoms with Crippen LogP contribution in [0.15, 0.2) is 53.0 Å². The second-order valence-corrected chi connectivity index (χ2v) is 5.91. The van der Waals surface area contributed by atoms with Crippen molar-refractivity contribution in [2.75, 3.05) is 14.2 Å². The van der Waals surface area contributed by atoms with Crippen molar-refractivity contribution in [3.05, 3.63) is 64.1 Å². The first-order valence-electron chi connectivity index (χ1n) is 6.81. The maximum atomic E-state index is 6.03. The predicted octanol–water partition coefficient (Wildman–Crippen LogP) is 4.29. The van der Waals surface area contributed by atoms with Gasteiger partial charge < -0.3 is 14.2 Å². The van der Waals surface area contributed by atoms with Crippen LogP contribution in [0.5, 0.6) is 5.75 Å². The van der Waals surface area contributed by atoms with Gasteiger partial charge in [0.2, 0.25) is 6.29 Å². The number of benzene rings is 2. The van der Waals surface area contributed by atoms with Crippen LogP contribution in [0.25, 0.3) is 0 Å². The molecule has 0 N–H and O–H groups in total. The summed E-state index contributed by atoms with van der Waals surface area (Å²) in [6.45, 7) is 0. The van der Waals surface area contributed by atoms with E-state index >= 15 is 0 Å². The molecule has 0 saturated carbocycles. The summed E-state index contributed by atoms with van der Waals surface area (Å²) in [5.74, 6) is 0.796. The van der Waals surface area contributed by atoms with Crippen LogP contribution < -0.4 is 4.74 Å². The lowest BCUT2D eigenvalue weighted by atomic mass is 9.86. The maximum absolute atomic E-state index is 6.03. The fourth-order valence-corrected chi connectivity index (χ4v) is 3.20. The van der Waals surface area contributed by atoms with E-state index in [1.807, 2.05) is 36.4 Å². The third-order valence-electron chi connectivity index (χ3n) is 3.82. The van der Waals surface area contributed by atoms with Gasteiger partial charge in [0.25, 0.3) is 0 Å². The largest absolute Gasteiger partial charge is 0.464 e. The topological polar surface area (TPSA) is 27.7 Å². The fourth-order valence-electron chi connectivity index (χ4n) is 2.86. The van der Waals surface area contributed by atoms with Crippen LogP contribution in [-0.4, -0.2) is 20.5 Å². The zero-order chi connectivity index (χ0) is 14.8. The Labute approximate surface area is 133 Å². The Hall–Kier alpha value is -1.36. The third kappa shape index (κ3) is 2.71. The Bertz CT molecular complexity index is 615. The molecule has 0 amide bonds. The van der Waals surface area contributed by atoms with Crippen LogP contribution in [0.4, 0.5) is 0 Å². The molecule has 4 heteroatoms. The molecule has 1 aliphatic heterocycles. The number of ether oxygens (including phenoxy) is 3. The van der Waals surface area contributed by atoms with Crippen molar-refractivity contribution < 1.29 is 14.2 Å². The highest BCUT2D eigenvalue weighted by molar-refractivity contribution is 9.10. The van der Waals surface area contributed by atoms with Crippen molar-refractivity contribution in [3.8, 4) is 5.75 Å². The summed E-state index contributed by atoms with van der Waals surface area (Å²) in [6, 6.07) is 16.2. The van der Waals surface area contributed by atoms with E-state index in [9.17, 15) is 0 Å². The Morgan fingerprint density at radius 2 is 1.76 bits per heavy atom. The molecule has 21 heavy (non-hydrogen) atoms. The highest BCUT2D eigenvalue weighted by Crippen LogP contribution is 2.46. The molecule has 110 valence electrons. The number of hydrogen-bond acceptors (Lipinski definition) is 3. The van der Waals surface area contributed by atoms with Crippen molar-refractivity contribution in [3.63, 3.8) is 0 Å². The zero-order valence-electron chi connectivity index (χ0n) is 12.0. The first kappa shape index (κ1) is 14.6. The molecular formula is C17H17BrO3. The van der Waals surface area contributed by atoms with Gasteiger partial charge in [0.15, 0.2) is 0 Å². The quantitative estimate of drug-likeness (QED) is 0.828. The first-order valence-corrected chi connectivity index (χ1v) is 7.60. The SMILES string of the molecule is CO[C@@H]1Oc2cc(Br)ccc2[C@@H](OC)[C@H]1c1ccccc1. The standard InChI is InChI=1S/C17H17BrO3/c1-19-16-13-9-8-12(18)10-14(13)21-17(20-2)15(16)11-6-4-3-5-7-11/h3-10,15-17H,1-2H3/t15-,16-,17-/m1/s1. The lowest BCUT2D eigenvalue weighted by Gasteiger charge is -2.38. The van der Waals surface area contributed by atoms with Crippen molar-refractivity contribution in [2.24, 2.45) is 0 Å². The molecule has 1 aliphatic rings. The van der Waals surface area contributed by atoms with Crippen molar-refractivity contribution in [1.82, 2.24) is 0 Å². The van der Waals surface area contributed by atoms with E-state index in [-0.39, 0.29) is 18.3 Å². The van der Waals surface area contributed by atoms with Crippen LogP contribution in [0.1, 0.15) is 23.1 Å². The number of rotatable bonds is 3. The molecule has 1 heterocycles. The van der Waals surface area contributed by atoms with E-state index in [1.54, 1.807) is 14.2 Å². The number of hydrogen-bond donors (Lipinski definition) is 0. The highest BCUT2D eigenvalue weighted by atomic mass is 79.9. The summed E-state index contributed by atoms with van der Waals surface area (Å²) >= 11 is 3.47. The summed E-state index contributed by atoms with van der Waals surface area (Å²) in [5.41, 5.74) is 2.19. The molecule has 3 nitrogen and oxygen atoms in total. The molecule has 0 aliphatic carbocycles. The molecule has 0 fully saturated rings. The lowest BCUT2D eigenvalue weighted by molar-refractivity contribution is -0.119. The fraction of sp³-hybridized carbons (Fsp3) is 0.294. The van der Waals surface area contributed by atoms with E-state index in [0.717, 1.165) is 21.3 Å². The number of halogens is 1. The molecular weight excluding hydrogens is 332 g/mol. The Morgan fingerprint density at radius 1 is 1.00 bits per heavy atom. The Morgan fingerprint density at radius 3 is 2.43 bits per heavy atom. The minimum Gasteiger partial charge on any atom is -0.464 e. The molecule has 0 saturated heterocycles. The summed E-state index contributed by atoms with van der Waals surface area (Å²) in [4.78, 5) is 0. The average Bonchev–Trinajstić information content (AvgIpc) is 2.53. The van der Waals surface area contributed by atoms with E-state index in [4.69, 9.17) is 14.2 Å². The minimum atomic E-state index is -0.376. The van der Waals surface area contributed by atoms with Gasteiger partial charge in [-0.15, -0.1) is 0 Å². The van der Waals surface area contributed by atoms with Crippen LogP contribution >= 0.6 is 15.9 Å². The van der Waals surface area contributed by atoms with E-state index < -0.39 is 0 Å². The first-order chi connectivity index (χ1) is 10.2. The van der Waals surface area contributed by atoms with Crippen LogP contribution in [0, 0.1) is 0 Å². The third-order valence-corrected chi connectivity index (χ3v) is 4.31. The van der Waals surface area contributed by atoms with E-state index in [0.29, 0.717) is 0 Å². The van der Waals surface area contributed by atoms with Gasteiger partial charge in [-0.2, -0.15) is 0 Å². The maximum Gasteiger partial charge on any atom is 0.209 e. The average molecular weight is 349 g/mol. The second-order valence-electron chi connectivity index (χ2n) is 5.00. The summed E-state index contributed by atoms with van der Waals surface area (Å²) in [6.07, 6.45) is -0.478. The van der Waals surface area contributed by atoms with E-state index in [2.05, 4.69) is 28.1 Å². The normalized spacial score (nSPS) is 24.2. The Balaban J connectivity index is 2.08. The molecule has 0 aromatic heterocycles. The van der Waals surface area contributed by atoms with Crippen molar-refractivity contribution in [1.29, 1.82) is 0 Å². The molecule has 0 bridgehead atoms. The minimum absolute atomic E-state index is 0.00474. The van der Waals surface area contributed by atoms with Crippen LogP contribution in [0.3, 0.4) is 0 Å². The summed E-state index contributed by atoms with van der Waals surface area (Å²) < 4.78 is 18.4. The smallest absolute Gasteiger partial charge is 0.209 e. The van der Waals surface area contributed by atoms with Gasteiger partial charge in [-0.3, -0.25) is 0 Å². The molecule has 3 atom stereocenters. The van der Waals surface area contributed by atoms with Gasteiger partial charge >= 0.3 is 0 Å². The highest BCUT2D eigenvalue weighted by Gasteiger charge is 2.40. The monoisotopic (exact) mass is 348 g/mol. The van der Waals surface area contributed by atoms with Gasteiger partial charge in [-0.1, -0.05) is 52.3 Å². The van der Waals surface area contributed by atoms with Gasteiger partial charge in [-0.25, -0.2) is 0 Å². The van der Waals surface area contributed by atoms with E-state index in [1.165, 1.54) is 0 Å². The molecule has 2 aromatic carbocycles. The van der Waals surface area contributed by atoms with Gasteiger partial charge in [0.1, 0.15) is 5.75 Å². The van der Waals surface area contributed by atoms with Gasteiger partial charge in [0, 0.05) is 24.3 Å². The second kappa shape index (κ2) is 6.18. The summed E-state index contributed by atoms with van der Waals surface area (Å²) in [7, 11) is 3.39. The molecule has 0 spiro atoms. The molecule has 0 radical (unpaired) electrons. The van der Waals surface area contributed by atoms with Crippen LogP contribution in [-0.2, 0) is 9.47 Å². The van der Waals surface area contributed by atoms with Crippen LogP contribution in [0.2, 0.25) is 0 Å². The van der Waals surface area contributed by atoms with Gasteiger partial charge in [0.05, 0.1) is 12.0 Å². The Kier molecular flexibility index (Phi) is 4.29. The molecule has 3 rings (SSSR count). The van der Waals surface area contributed by atoms with Gasteiger partial charge in [-0.05, 0) is 17.7 Å². The zero-order valence-corrected chi connectivity index (χ0v) is 13.5. The number of fused-ring (bicyclic) bond motifs is 1. The number of methoxy groups -OCH3 is 2. The van der Waals surface area contributed by atoms with Crippen molar-refractivity contribution >= 4 is 15.9 Å². The molecule has 0 unspecified atom stereocenters. The van der Waals surface area contributed by atoms with Crippen molar-refractivity contribution in [2.45, 2.75) is 18.3 Å². The summed E-state index contributed by atoms with van der Waals surface area (Å²) in [5, 5.41) is 0. The molecule has 2 aromatic rings. The lowest BCUT2D eigenvalue weighted by Crippen LogP contribution is -2.36.